The first-order valence-corrected chi connectivity index (χ1v) is 9.34. The third kappa shape index (κ3) is 3.69. The summed E-state index contributed by atoms with van der Waals surface area (Å²) < 4.78 is 11.1. The minimum atomic E-state index is -0.174. The van der Waals surface area contributed by atoms with E-state index in [9.17, 15) is 4.79 Å². The Bertz CT molecular complexity index is 1270. The van der Waals surface area contributed by atoms with Gasteiger partial charge in [0.25, 0.3) is 5.91 Å². The Hall–Kier alpha value is -4.24. The predicted molar refractivity (Wildman–Crippen MR) is 115 cm³/mol. The fourth-order valence-corrected chi connectivity index (χ4v) is 3.32. The monoisotopic (exact) mass is 397 g/mol. The number of nitriles is 1. The molecular formula is C24H19N3O3. The summed E-state index contributed by atoms with van der Waals surface area (Å²) in [7, 11) is 1.52. The van der Waals surface area contributed by atoms with Gasteiger partial charge in [0.15, 0.2) is 11.5 Å². The zero-order chi connectivity index (χ0) is 21.1. The van der Waals surface area contributed by atoms with Gasteiger partial charge in [-0.05, 0) is 49.4 Å². The second kappa shape index (κ2) is 8.02. The molecule has 30 heavy (non-hydrogen) atoms. The van der Waals surface area contributed by atoms with E-state index in [1.807, 2.05) is 31.2 Å². The van der Waals surface area contributed by atoms with Gasteiger partial charge in [-0.15, -0.1) is 0 Å². The number of ether oxygens (including phenoxy) is 2. The van der Waals surface area contributed by atoms with E-state index in [0.29, 0.717) is 34.1 Å². The van der Waals surface area contributed by atoms with Gasteiger partial charge in [-0.2, -0.15) is 5.26 Å². The van der Waals surface area contributed by atoms with Gasteiger partial charge in [-0.3, -0.25) is 4.79 Å². The fourth-order valence-electron chi connectivity index (χ4n) is 3.32. The largest absolute Gasteiger partial charge is 0.493 e. The number of aryl methyl sites for hydroxylation is 1. The molecule has 0 aliphatic carbocycles. The van der Waals surface area contributed by atoms with Crippen molar-refractivity contribution in [2.24, 2.45) is 0 Å². The van der Waals surface area contributed by atoms with Crippen LogP contribution >= 0.6 is 0 Å². The molecule has 0 aliphatic heterocycles. The Morgan fingerprint density at radius 1 is 1.03 bits per heavy atom. The SMILES string of the molecule is COc1cc(C#N)ccc1Oc1ccc(NC(=O)c2c(C)[nH]c3ccccc23)cc1. The van der Waals surface area contributed by atoms with Gasteiger partial charge in [0.1, 0.15) is 5.75 Å². The number of fused-ring (bicyclic) bond motifs is 1. The van der Waals surface area contributed by atoms with Gasteiger partial charge in [0, 0.05) is 28.4 Å². The molecule has 1 amide bonds. The van der Waals surface area contributed by atoms with E-state index in [0.717, 1.165) is 16.6 Å². The number of carbonyl (C=O) groups excluding carboxylic acids is 1. The summed E-state index contributed by atoms with van der Waals surface area (Å²) in [6.07, 6.45) is 0. The maximum atomic E-state index is 12.8. The number of H-pyrrole nitrogens is 1. The van der Waals surface area contributed by atoms with Crippen molar-refractivity contribution in [3.8, 4) is 23.3 Å². The summed E-state index contributed by atoms with van der Waals surface area (Å²) in [4.78, 5) is 16.1. The number of hydrogen-bond acceptors (Lipinski definition) is 4. The zero-order valence-electron chi connectivity index (χ0n) is 16.5. The van der Waals surface area contributed by atoms with Crippen molar-refractivity contribution in [1.29, 1.82) is 5.26 Å². The van der Waals surface area contributed by atoms with Crippen LogP contribution in [0.4, 0.5) is 5.69 Å². The maximum Gasteiger partial charge on any atom is 0.258 e. The number of nitrogens with one attached hydrogen (secondary N) is 2. The summed E-state index contributed by atoms with van der Waals surface area (Å²) in [5, 5.41) is 12.8. The van der Waals surface area contributed by atoms with Crippen LogP contribution in [0.25, 0.3) is 10.9 Å². The van der Waals surface area contributed by atoms with E-state index in [1.165, 1.54) is 7.11 Å². The van der Waals surface area contributed by atoms with Gasteiger partial charge in [-0.1, -0.05) is 18.2 Å². The minimum absolute atomic E-state index is 0.174. The molecule has 0 fully saturated rings. The van der Waals surface area contributed by atoms with Crippen LogP contribution in [-0.4, -0.2) is 18.0 Å². The van der Waals surface area contributed by atoms with Gasteiger partial charge in [0.05, 0.1) is 24.3 Å². The second-order valence-electron chi connectivity index (χ2n) is 6.73. The van der Waals surface area contributed by atoms with Crippen molar-refractivity contribution >= 4 is 22.5 Å². The van der Waals surface area contributed by atoms with Crippen molar-refractivity contribution in [3.63, 3.8) is 0 Å². The maximum absolute atomic E-state index is 12.8. The normalized spacial score (nSPS) is 10.4. The average molecular weight is 397 g/mol. The molecule has 0 radical (unpaired) electrons. The number of anilines is 1. The summed E-state index contributed by atoms with van der Waals surface area (Å²) in [6, 6.07) is 21.8. The number of methoxy groups -OCH3 is 1. The van der Waals surface area contributed by atoms with Gasteiger partial charge in [0.2, 0.25) is 0 Å². The van der Waals surface area contributed by atoms with Crippen LogP contribution < -0.4 is 14.8 Å². The second-order valence-corrected chi connectivity index (χ2v) is 6.73. The highest BCUT2D eigenvalue weighted by Crippen LogP contribution is 2.32. The number of para-hydroxylation sites is 1. The van der Waals surface area contributed by atoms with E-state index < -0.39 is 0 Å². The number of nitrogens with zero attached hydrogens (tertiary/aromatic N) is 1. The average Bonchev–Trinajstić information content (AvgIpc) is 3.11. The number of rotatable bonds is 5. The van der Waals surface area contributed by atoms with E-state index in [-0.39, 0.29) is 5.91 Å². The molecule has 0 bridgehead atoms. The molecule has 1 heterocycles. The Kier molecular flexibility index (Phi) is 5.10. The number of benzene rings is 3. The Labute approximate surface area is 173 Å². The van der Waals surface area contributed by atoms with Crippen molar-refractivity contribution in [2.75, 3.05) is 12.4 Å². The summed E-state index contributed by atoms with van der Waals surface area (Å²) >= 11 is 0. The van der Waals surface area contributed by atoms with Gasteiger partial charge >= 0.3 is 0 Å². The molecular weight excluding hydrogens is 378 g/mol. The molecule has 3 aromatic carbocycles. The number of hydrogen-bond donors (Lipinski definition) is 2. The molecule has 2 N–H and O–H groups in total. The molecule has 148 valence electrons. The van der Waals surface area contributed by atoms with Crippen LogP contribution in [0.5, 0.6) is 17.2 Å². The summed E-state index contributed by atoms with van der Waals surface area (Å²) in [5.74, 6) is 1.38. The first-order valence-electron chi connectivity index (χ1n) is 9.34. The highest BCUT2D eigenvalue weighted by Gasteiger charge is 2.16. The lowest BCUT2D eigenvalue weighted by Crippen LogP contribution is -2.12. The van der Waals surface area contributed by atoms with Gasteiger partial charge < -0.3 is 19.8 Å². The molecule has 0 atom stereocenters. The molecule has 6 nitrogen and oxygen atoms in total. The fraction of sp³-hybridized carbons (Fsp3) is 0.0833. The van der Waals surface area contributed by atoms with Crippen LogP contribution in [0.15, 0.2) is 66.7 Å². The first kappa shape index (κ1) is 19.1. The molecule has 6 heteroatoms. The van der Waals surface area contributed by atoms with Crippen molar-refractivity contribution in [3.05, 3.63) is 83.6 Å². The lowest BCUT2D eigenvalue weighted by molar-refractivity contribution is 0.102. The van der Waals surface area contributed by atoms with Crippen LogP contribution in [0.1, 0.15) is 21.6 Å². The predicted octanol–water partition coefficient (Wildman–Crippen LogP) is 5.40. The van der Waals surface area contributed by atoms with Crippen molar-refractivity contribution in [2.45, 2.75) is 6.92 Å². The first-order chi connectivity index (χ1) is 14.6. The molecule has 4 aromatic rings. The standard InChI is InChI=1S/C24H19N3O3/c1-15-23(19-5-3-4-6-20(19)26-15)24(28)27-17-8-10-18(11-9-17)30-21-12-7-16(14-25)13-22(21)29-2/h3-13,26H,1-2H3,(H,27,28). The van der Waals surface area contributed by atoms with E-state index in [1.54, 1.807) is 42.5 Å². The van der Waals surface area contributed by atoms with E-state index in [2.05, 4.69) is 16.4 Å². The Morgan fingerprint density at radius 3 is 2.53 bits per heavy atom. The third-order valence-electron chi connectivity index (χ3n) is 4.75. The molecule has 4 rings (SSSR count). The molecule has 0 aliphatic rings. The van der Waals surface area contributed by atoms with Gasteiger partial charge in [-0.25, -0.2) is 0 Å². The molecule has 0 saturated heterocycles. The number of carbonyl (C=O) groups is 1. The molecule has 0 unspecified atom stereocenters. The smallest absolute Gasteiger partial charge is 0.258 e. The number of aromatic nitrogens is 1. The number of aromatic amines is 1. The third-order valence-corrected chi connectivity index (χ3v) is 4.75. The quantitative estimate of drug-likeness (QED) is 0.472. The van der Waals surface area contributed by atoms with E-state index in [4.69, 9.17) is 14.7 Å². The van der Waals surface area contributed by atoms with Crippen LogP contribution in [0, 0.1) is 18.3 Å². The van der Waals surface area contributed by atoms with Crippen molar-refractivity contribution < 1.29 is 14.3 Å². The van der Waals surface area contributed by atoms with E-state index >= 15 is 0 Å². The molecule has 0 saturated carbocycles. The Morgan fingerprint density at radius 2 is 1.80 bits per heavy atom. The lowest BCUT2D eigenvalue weighted by atomic mass is 10.1. The summed E-state index contributed by atoms with van der Waals surface area (Å²) in [6.45, 7) is 1.89. The van der Waals surface area contributed by atoms with Crippen LogP contribution in [0.2, 0.25) is 0 Å². The van der Waals surface area contributed by atoms with Crippen LogP contribution in [-0.2, 0) is 0 Å². The zero-order valence-corrected chi connectivity index (χ0v) is 16.5. The lowest BCUT2D eigenvalue weighted by Gasteiger charge is -2.11. The highest BCUT2D eigenvalue weighted by molar-refractivity contribution is 6.13. The topological polar surface area (TPSA) is 87.1 Å². The van der Waals surface area contributed by atoms with Crippen LogP contribution in [0.3, 0.4) is 0 Å². The minimum Gasteiger partial charge on any atom is -0.493 e. The number of amides is 1. The molecule has 0 spiro atoms. The Balaban J connectivity index is 1.51. The van der Waals surface area contributed by atoms with Crippen molar-refractivity contribution in [1.82, 2.24) is 4.98 Å². The highest BCUT2D eigenvalue weighted by atomic mass is 16.5. The summed E-state index contributed by atoms with van der Waals surface area (Å²) in [5.41, 5.74) is 3.53. The molecule has 1 aromatic heterocycles.